The first-order chi connectivity index (χ1) is 15.3. The van der Waals surface area contributed by atoms with Crippen LogP contribution in [-0.4, -0.2) is 15.9 Å². The van der Waals surface area contributed by atoms with Gasteiger partial charge in [0.1, 0.15) is 11.4 Å². The van der Waals surface area contributed by atoms with E-state index in [1.807, 2.05) is 0 Å². The predicted octanol–water partition coefficient (Wildman–Crippen LogP) is 5.60. The molecule has 0 bridgehead atoms. The summed E-state index contributed by atoms with van der Waals surface area (Å²) in [7, 11) is 0. The summed E-state index contributed by atoms with van der Waals surface area (Å²) in [6.45, 7) is -0.445. The highest BCUT2D eigenvalue weighted by atomic mass is 32.2. The molecule has 4 rings (SSSR count). The van der Waals surface area contributed by atoms with Crippen molar-refractivity contribution in [3.63, 3.8) is 0 Å². The van der Waals surface area contributed by atoms with Gasteiger partial charge >= 0.3 is 6.18 Å². The molecule has 1 amide bonds. The number of hydrogen-bond donors (Lipinski definition) is 1. The monoisotopic (exact) mass is 461 g/mol. The zero-order chi connectivity index (χ0) is 22.7. The highest BCUT2D eigenvalue weighted by Crippen LogP contribution is 2.33. The SMILES string of the molecule is O=C(NCc1ccc(F)cc1C(F)(F)F)c1oc2ccccc2c1CSc1ncccn1. The second-order valence-corrected chi connectivity index (χ2v) is 7.65. The van der Waals surface area contributed by atoms with Gasteiger partial charge in [-0.2, -0.15) is 13.2 Å². The molecule has 1 N–H and O–H groups in total. The lowest BCUT2D eigenvalue weighted by atomic mass is 10.1. The standard InChI is InChI=1S/C22H15F4N3O2S/c23-14-7-6-13(17(10-14)22(24,25)26)11-29-20(30)19-16(12-32-21-27-8-3-9-28-21)15-4-1-2-5-18(15)31-19/h1-10H,11-12H2,(H,29,30). The van der Waals surface area contributed by atoms with Crippen molar-refractivity contribution in [2.24, 2.45) is 0 Å². The fraction of sp³-hybridized carbons (Fsp3) is 0.136. The Bertz CT molecular complexity index is 1260. The van der Waals surface area contributed by atoms with Gasteiger partial charge in [0.25, 0.3) is 5.91 Å². The second-order valence-electron chi connectivity index (χ2n) is 6.71. The number of nitrogens with zero attached hydrogens (tertiary/aromatic N) is 2. The quantitative estimate of drug-likeness (QED) is 0.230. The molecule has 2 aromatic heterocycles. The summed E-state index contributed by atoms with van der Waals surface area (Å²) in [5.74, 6) is -1.38. The van der Waals surface area contributed by atoms with Crippen LogP contribution < -0.4 is 5.32 Å². The van der Waals surface area contributed by atoms with Gasteiger partial charge in [-0.05, 0) is 29.8 Å². The molecule has 0 aliphatic carbocycles. The van der Waals surface area contributed by atoms with Crippen molar-refractivity contribution in [2.75, 3.05) is 0 Å². The van der Waals surface area contributed by atoms with Crippen LogP contribution in [0.3, 0.4) is 0 Å². The van der Waals surface area contributed by atoms with Crippen molar-refractivity contribution >= 4 is 28.6 Å². The maximum atomic E-state index is 13.3. The lowest BCUT2D eigenvalue weighted by molar-refractivity contribution is -0.138. The minimum absolute atomic E-state index is 0.00898. The minimum Gasteiger partial charge on any atom is -0.451 e. The molecule has 2 aromatic carbocycles. The molecule has 0 fully saturated rings. The van der Waals surface area contributed by atoms with Gasteiger partial charge in [-0.25, -0.2) is 14.4 Å². The topological polar surface area (TPSA) is 68.0 Å². The molecule has 2 heterocycles. The predicted molar refractivity (Wildman–Crippen MR) is 110 cm³/mol. The van der Waals surface area contributed by atoms with Crippen molar-refractivity contribution in [2.45, 2.75) is 23.6 Å². The average Bonchev–Trinajstić information content (AvgIpc) is 3.15. The lowest BCUT2D eigenvalue weighted by Crippen LogP contribution is -2.25. The Morgan fingerprint density at radius 1 is 1.06 bits per heavy atom. The normalized spacial score (nSPS) is 11.6. The Morgan fingerprint density at radius 2 is 1.81 bits per heavy atom. The Labute approximate surface area is 183 Å². The second kappa shape index (κ2) is 8.99. The Hall–Kier alpha value is -3.40. The number of para-hydroxylation sites is 1. The van der Waals surface area contributed by atoms with E-state index >= 15 is 0 Å². The molecule has 10 heteroatoms. The van der Waals surface area contributed by atoms with E-state index in [2.05, 4.69) is 15.3 Å². The molecule has 164 valence electrons. The number of hydrogen-bond acceptors (Lipinski definition) is 5. The van der Waals surface area contributed by atoms with Gasteiger partial charge in [0.05, 0.1) is 5.56 Å². The number of fused-ring (bicyclic) bond motifs is 1. The first-order valence-electron chi connectivity index (χ1n) is 9.37. The number of carbonyl (C=O) groups is 1. The van der Waals surface area contributed by atoms with Gasteiger partial charge < -0.3 is 9.73 Å². The highest BCUT2D eigenvalue weighted by Gasteiger charge is 2.34. The Morgan fingerprint density at radius 3 is 2.56 bits per heavy atom. The number of furan rings is 1. The van der Waals surface area contributed by atoms with E-state index in [0.717, 1.165) is 12.1 Å². The summed E-state index contributed by atoms with van der Waals surface area (Å²) < 4.78 is 58.7. The summed E-state index contributed by atoms with van der Waals surface area (Å²) in [6, 6.07) is 11.0. The van der Waals surface area contributed by atoms with Crippen LogP contribution >= 0.6 is 11.8 Å². The van der Waals surface area contributed by atoms with Crippen LogP contribution in [0.2, 0.25) is 0 Å². The van der Waals surface area contributed by atoms with Crippen molar-refractivity contribution in [3.05, 3.63) is 89.2 Å². The first-order valence-corrected chi connectivity index (χ1v) is 10.4. The van der Waals surface area contributed by atoms with Crippen molar-refractivity contribution in [1.82, 2.24) is 15.3 Å². The molecule has 0 aliphatic rings. The van der Waals surface area contributed by atoms with Gasteiger partial charge in [0.2, 0.25) is 0 Å². The molecule has 5 nitrogen and oxygen atoms in total. The van der Waals surface area contributed by atoms with E-state index in [1.165, 1.54) is 11.8 Å². The van der Waals surface area contributed by atoms with Crippen LogP contribution in [0.1, 0.15) is 27.2 Å². The molecule has 0 aliphatic heterocycles. The molecule has 0 saturated carbocycles. The third-order valence-corrected chi connectivity index (χ3v) is 5.51. The highest BCUT2D eigenvalue weighted by molar-refractivity contribution is 7.98. The molecule has 4 aromatic rings. The fourth-order valence-corrected chi connectivity index (χ4v) is 3.98. The number of benzene rings is 2. The first kappa shape index (κ1) is 21.8. The van der Waals surface area contributed by atoms with E-state index in [1.54, 1.807) is 42.7 Å². The number of alkyl halides is 3. The molecule has 0 unspecified atom stereocenters. The van der Waals surface area contributed by atoms with Gasteiger partial charge in [0.15, 0.2) is 10.9 Å². The number of rotatable bonds is 6. The number of thioether (sulfide) groups is 1. The number of carbonyl (C=O) groups excluding carboxylic acids is 1. The Kier molecular flexibility index (Phi) is 6.13. The summed E-state index contributed by atoms with van der Waals surface area (Å²) in [6.07, 6.45) is -1.56. The van der Waals surface area contributed by atoms with Crippen molar-refractivity contribution in [1.29, 1.82) is 0 Å². The fourth-order valence-electron chi connectivity index (χ4n) is 3.14. The van der Waals surface area contributed by atoms with Crippen LogP contribution in [0, 0.1) is 5.82 Å². The third-order valence-electron chi connectivity index (χ3n) is 4.61. The van der Waals surface area contributed by atoms with Gasteiger partial charge in [0, 0.05) is 35.6 Å². The zero-order valence-electron chi connectivity index (χ0n) is 16.3. The van der Waals surface area contributed by atoms with Crippen molar-refractivity contribution < 1.29 is 26.8 Å². The maximum Gasteiger partial charge on any atom is 0.416 e. The van der Waals surface area contributed by atoms with Crippen LogP contribution in [0.15, 0.2) is 70.5 Å². The summed E-state index contributed by atoms with van der Waals surface area (Å²) >= 11 is 1.29. The minimum atomic E-state index is -4.75. The largest absolute Gasteiger partial charge is 0.451 e. The van der Waals surface area contributed by atoms with Crippen LogP contribution in [0.5, 0.6) is 0 Å². The molecular formula is C22H15F4N3O2S. The number of amides is 1. The summed E-state index contributed by atoms with van der Waals surface area (Å²) in [5, 5.41) is 3.66. The van der Waals surface area contributed by atoms with Crippen molar-refractivity contribution in [3.8, 4) is 0 Å². The van der Waals surface area contributed by atoms with E-state index < -0.39 is 30.0 Å². The summed E-state index contributed by atoms with van der Waals surface area (Å²) in [4.78, 5) is 21.1. The lowest BCUT2D eigenvalue weighted by Gasteiger charge is -2.13. The van der Waals surface area contributed by atoms with Crippen LogP contribution in [0.25, 0.3) is 11.0 Å². The Balaban J connectivity index is 1.59. The van der Waals surface area contributed by atoms with E-state index in [9.17, 15) is 22.4 Å². The number of halogens is 4. The molecule has 32 heavy (non-hydrogen) atoms. The van der Waals surface area contributed by atoms with E-state index in [0.29, 0.717) is 33.5 Å². The van der Waals surface area contributed by atoms with Crippen LogP contribution in [-0.2, 0) is 18.5 Å². The van der Waals surface area contributed by atoms with Crippen LogP contribution in [0.4, 0.5) is 17.6 Å². The van der Waals surface area contributed by atoms with Gasteiger partial charge in [-0.1, -0.05) is 36.0 Å². The molecule has 0 radical (unpaired) electrons. The number of nitrogens with one attached hydrogen (secondary N) is 1. The zero-order valence-corrected chi connectivity index (χ0v) is 17.1. The summed E-state index contributed by atoms with van der Waals surface area (Å²) in [5.41, 5.74) is -0.345. The number of aromatic nitrogens is 2. The third kappa shape index (κ3) is 4.75. The maximum absolute atomic E-state index is 13.3. The molecule has 0 saturated heterocycles. The van der Waals surface area contributed by atoms with E-state index in [4.69, 9.17) is 4.42 Å². The van der Waals surface area contributed by atoms with E-state index in [-0.39, 0.29) is 11.3 Å². The van der Waals surface area contributed by atoms with Gasteiger partial charge in [-0.3, -0.25) is 4.79 Å². The molecular weight excluding hydrogens is 446 g/mol. The molecule has 0 atom stereocenters. The average molecular weight is 461 g/mol. The smallest absolute Gasteiger partial charge is 0.416 e. The molecule has 0 spiro atoms. The van der Waals surface area contributed by atoms with Gasteiger partial charge in [-0.15, -0.1) is 0 Å².